The van der Waals surface area contributed by atoms with Crippen molar-refractivity contribution in [2.75, 3.05) is 34.0 Å². The van der Waals surface area contributed by atoms with E-state index in [1.165, 1.54) is 19.1 Å². The molecule has 2 amide bonds. The first-order valence-corrected chi connectivity index (χ1v) is 8.58. The lowest BCUT2D eigenvalue weighted by molar-refractivity contribution is -0.151. The molecule has 0 bridgehead atoms. The van der Waals surface area contributed by atoms with E-state index >= 15 is 0 Å². The molecule has 8 nitrogen and oxygen atoms in total. The fourth-order valence-electron chi connectivity index (χ4n) is 2.69. The van der Waals surface area contributed by atoms with Crippen molar-refractivity contribution in [2.45, 2.75) is 32.9 Å². The summed E-state index contributed by atoms with van der Waals surface area (Å²) in [5.74, 6) is -0.969. The van der Waals surface area contributed by atoms with E-state index in [0.717, 1.165) is 0 Å². The number of nitrogens with zero attached hydrogens (tertiary/aromatic N) is 2. The van der Waals surface area contributed by atoms with Crippen molar-refractivity contribution >= 4 is 18.0 Å². The number of esters is 1. The molecule has 1 aliphatic rings. The first-order chi connectivity index (χ1) is 12.3. The van der Waals surface area contributed by atoms with Crippen molar-refractivity contribution in [3.63, 3.8) is 0 Å². The summed E-state index contributed by atoms with van der Waals surface area (Å²) in [5.41, 5.74) is 0. The van der Waals surface area contributed by atoms with E-state index in [0.29, 0.717) is 13.1 Å². The van der Waals surface area contributed by atoms with Gasteiger partial charge >= 0.3 is 12.1 Å². The van der Waals surface area contributed by atoms with Crippen LogP contribution in [0.1, 0.15) is 20.8 Å². The second-order valence-corrected chi connectivity index (χ2v) is 6.34. The van der Waals surface area contributed by atoms with Gasteiger partial charge in [-0.25, -0.2) is 9.59 Å². The van der Waals surface area contributed by atoms with Gasteiger partial charge in [-0.05, 0) is 12.8 Å². The van der Waals surface area contributed by atoms with Gasteiger partial charge in [0.15, 0.2) is 0 Å². The highest BCUT2D eigenvalue weighted by Gasteiger charge is 2.42. The van der Waals surface area contributed by atoms with E-state index in [-0.39, 0.29) is 18.5 Å². The summed E-state index contributed by atoms with van der Waals surface area (Å²) in [6, 6.07) is -1.49. The predicted molar refractivity (Wildman–Crippen MR) is 97.2 cm³/mol. The molecule has 1 saturated heterocycles. The van der Waals surface area contributed by atoms with Gasteiger partial charge in [-0.2, -0.15) is 0 Å². The third-order valence-corrected chi connectivity index (χ3v) is 4.11. The third kappa shape index (κ3) is 5.87. The van der Waals surface area contributed by atoms with Crippen molar-refractivity contribution in [1.82, 2.24) is 15.1 Å². The highest BCUT2D eigenvalue weighted by molar-refractivity contribution is 5.90. The van der Waals surface area contributed by atoms with Crippen LogP contribution in [0.4, 0.5) is 4.79 Å². The highest BCUT2D eigenvalue weighted by Crippen LogP contribution is 2.18. The normalized spacial score (nSPS) is 19.3. The molecule has 1 heterocycles. The second kappa shape index (κ2) is 10.6. The maximum absolute atomic E-state index is 13.0. The van der Waals surface area contributed by atoms with Gasteiger partial charge in [-0.3, -0.25) is 9.69 Å². The summed E-state index contributed by atoms with van der Waals surface area (Å²) in [5, 5.41) is 2.55. The van der Waals surface area contributed by atoms with Crippen LogP contribution >= 0.6 is 0 Å². The van der Waals surface area contributed by atoms with Gasteiger partial charge < -0.3 is 19.7 Å². The number of alkyl carbamates (subject to hydrolysis) is 1. The number of hydrogen-bond acceptors (Lipinski definition) is 6. The predicted octanol–water partition coefficient (Wildman–Crippen LogP) is 1.14. The summed E-state index contributed by atoms with van der Waals surface area (Å²) >= 11 is 0. The number of amides is 2. The third-order valence-electron chi connectivity index (χ3n) is 4.11. The quantitative estimate of drug-likeness (QED) is 0.536. The zero-order valence-electron chi connectivity index (χ0n) is 16.1. The van der Waals surface area contributed by atoms with Gasteiger partial charge in [0.25, 0.3) is 0 Å². The maximum atomic E-state index is 13.0. The van der Waals surface area contributed by atoms with Crippen molar-refractivity contribution in [1.29, 1.82) is 0 Å². The molecule has 146 valence electrons. The Balaban J connectivity index is 2.93. The minimum Gasteiger partial charge on any atom is -0.467 e. The van der Waals surface area contributed by atoms with E-state index in [1.54, 1.807) is 0 Å². The van der Waals surface area contributed by atoms with Gasteiger partial charge in [-0.15, -0.1) is 0 Å². The molecule has 2 unspecified atom stereocenters. The van der Waals surface area contributed by atoms with Crippen LogP contribution < -0.4 is 5.32 Å². The standard InChI is InChI=1S/C18H29N3O5/c1-6-7-8-9-10-20-11-14(17(23)25-4)21(12-20)16(22)15(13(2)3)19-18(24)26-5/h6-9,13-15H,10-12H2,1-5H3,(H,19,24). The molecule has 2 atom stereocenters. The minimum absolute atomic E-state index is 0.163. The molecular formula is C18H29N3O5. The van der Waals surface area contributed by atoms with Crippen LogP contribution in [-0.4, -0.2) is 73.8 Å². The fourth-order valence-corrected chi connectivity index (χ4v) is 2.69. The van der Waals surface area contributed by atoms with Gasteiger partial charge in [0.1, 0.15) is 12.1 Å². The Bertz CT molecular complexity index is 559. The molecule has 1 rings (SSSR count). The number of methoxy groups -OCH3 is 2. The van der Waals surface area contributed by atoms with Gasteiger partial charge in [-0.1, -0.05) is 38.2 Å². The first kappa shape index (κ1) is 21.7. The van der Waals surface area contributed by atoms with Crippen molar-refractivity contribution in [3.05, 3.63) is 24.3 Å². The Morgan fingerprint density at radius 3 is 2.42 bits per heavy atom. The second-order valence-electron chi connectivity index (χ2n) is 6.34. The average Bonchev–Trinajstić information content (AvgIpc) is 3.05. The van der Waals surface area contributed by atoms with Gasteiger partial charge in [0.2, 0.25) is 5.91 Å². The summed E-state index contributed by atoms with van der Waals surface area (Å²) in [6.07, 6.45) is 7.00. The highest BCUT2D eigenvalue weighted by atomic mass is 16.5. The SMILES string of the molecule is CC=CC=CCN1CC(C(=O)OC)N(C(=O)C(NC(=O)OC)C(C)C)C1. The molecule has 8 heteroatoms. The Hall–Kier alpha value is -2.35. The lowest BCUT2D eigenvalue weighted by atomic mass is 10.0. The lowest BCUT2D eigenvalue weighted by Gasteiger charge is -2.29. The molecule has 1 fully saturated rings. The number of hydrogen-bond donors (Lipinski definition) is 1. The van der Waals surface area contributed by atoms with Crippen LogP contribution in [0.3, 0.4) is 0 Å². The summed E-state index contributed by atoms with van der Waals surface area (Å²) < 4.78 is 9.45. The van der Waals surface area contributed by atoms with Crippen molar-refractivity contribution < 1.29 is 23.9 Å². The van der Waals surface area contributed by atoms with E-state index in [9.17, 15) is 14.4 Å². The Morgan fingerprint density at radius 1 is 1.19 bits per heavy atom. The molecule has 1 N–H and O–H groups in total. The Kier molecular flexibility index (Phi) is 8.84. The molecule has 0 radical (unpaired) electrons. The summed E-state index contributed by atoms with van der Waals surface area (Å²) in [7, 11) is 2.54. The molecule has 26 heavy (non-hydrogen) atoms. The fraction of sp³-hybridized carbons (Fsp3) is 0.611. The average molecular weight is 367 g/mol. The topological polar surface area (TPSA) is 88.2 Å². The Labute approximate surface area is 154 Å². The molecule has 0 aromatic rings. The molecule has 1 aliphatic heterocycles. The van der Waals surface area contributed by atoms with Crippen LogP contribution in [0.5, 0.6) is 0 Å². The number of allylic oxidation sites excluding steroid dienone is 3. The molecule has 0 aromatic heterocycles. The monoisotopic (exact) mass is 367 g/mol. The first-order valence-electron chi connectivity index (χ1n) is 8.58. The van der Waals surface area contributed by atoms with E-state index in [2.05, 4.69) is 10.1 Å². The number of rotatable bonds is 7. The number of nitrogens with one attached hydrogen (secondary N) is 1. The smallest absolute Gasteiger partial charge is 0.407 e. The van der Waals surface area contributed by atoms with Crippen LogP contribution in [0.25, 0.3) is 0 Å². The van der Waals surface area contributed by atoms with E-state index in [1.807, 2.05) is 50.0 Å². The van der Waals surface area contributed by atoms with Crippen molar-refractivity contribution in [2.24, 2.45) is 5.92 Å². The van der Waals surface area contributed by atoms with Crippen LogP contribution in [-0.2, 0) is 19.1 Å². The Morgan fingerprint density at radius 2 is 1.88 bits per heavy atom. The minimum atomic E-state index is -0.784. The van der Waals surface area contributed by atoms with Crippen molar-refractivity contribution in [3.8, 4) is 0 Å². The maximum Gasteiger partial charge on any atom is 0.407 e. The van der Waals surface area contributed by atoms with E-state index in [4.69, 9.17) is 4.74 Å². The molecule has 0 saturated carbocycles. The van der Waals surface area contributed by atoms with Gasteiger partial charge in [0, 0.05) is 13.1 Å². The van der Waals surface area contributed by atoms with E-state index < -0.39 is 24.1 Å². The van der Waals surface area contributed by atoms with Crippen LogP contribution in [0.2, 0.25) is 0 Å². The van der Waals surface area contributed by atoms with Crippen LogP contribution in [0, 0.1) is 5.92 Å². The number of carbonyl (C=O) groups is 3. The zero-order valence-corrected chi connectivity index (χ0v) is 16.1. The molecule has 0 spiro atoms. The molecular weight excluding hydrogens is 338 g/mol. The molecule has 0 aliphatic carbocycles. The molecule has 0 aromatic carbocycles. The van der Waals surface area contributed by atoms with Crippen LogP contribution in [0.15, 0.2) is 24.3 Å². The number of carbonyl (C=O) groups excluding carboxylic acids is 3. The van der Waals surface area contributed by atoms with Gasteiger partial charge in [0.05, 0.1) is 20.9 Å². The number of ether oxygens (including phenoxy) is 2. The summed E-state index contributed by atoms with van der Waals surface area (Å²) in [6.45, 7) is 6.82. The summed E-state index contributed by atoms with van der Waals surface area (Å²) in [4.78, 5) is 40.1. The largest absolute Gasteiger partial charge is 0.467 e. The zero-order chi connectivity index (χ0) is 19.7. The lowest BCUT2D eigenvalue weighted by Crippen LogP contribution is -2.54.